The van der Waals surface area contributed by atoms with Crippen LogP contribution >= 0.6 is 0 Å². The molecular weight excluding hydrogens is 268 g/mol. The van der Waals surface area contributed by atoms with Gasteiger partial charge in [-0.05, 0) is 60.6 Å². The van der Waals surface area contributed by atoms with Crippen LogP contribution in [-0.4, -0.2) is 0 Å². The van der Waals surface area contributed by atoms with Crippen molar-refractivity contribution < 1.29 is 0 Å². The molecule has 0 radical (unpaired) electrons. The molecule has 0 aliphatic heterocycles. The van der Waals surface area contributed by atoms with Crippen LogP contribution in [0.2, 0.25) is 0 Å². The summed E-state index contributed by atoms with van der Waals surface area (Å²) in [6, 6.07) is 10.3. The second kappa shape index (κ2) is 6.99. The number of benzene rings is 1. The molecule has 0 saturated carbocycles. The van der Waals surface area contributed by atoms with Crippen LogP contribution in [0.4, 0.5) is 5.69 Å². The van der Waals surface area contributed by atoms with Gasteiger partial charge in [0, 0.05) is 17.6 Å². The van der Waals surface area contributed by atoms with Crippen LogP contribution in [-0.2, 0) is 0 Å². The summed E-state index contributed by atoms with van der Waals surface area (Å²) in [6.07, 6.45) is 17.2. The Morgan fingerprint density at radius 2 is 1.95 bits per heavy atom. The highest BCUT2D eigenvalue weighted by Crippen LogP contribution is 2.26. The molecule has 0 atom stereocenters. The lowest BCUT2D eigenvalue weighted by Gasteiger charge is -2.16. The maximum Gasteiger partial charge on any atom is 0.0379 e. The van der Waals surface area contributed by atoms with Crippen LogP contribution in [0.25, 0.3) is 0 Å². The minimum Gasteiger partial charge on any atom is -0.398 e. The molecule has 2 aliphatic rings. The van der Waals surface area contributed by atoms with Gasteiger partial charge in [-0.3, -0.25) is 0 Å². The Labute approximate surface area is 132 Å². The molecule has 2 nitrogen and oxygen atoms in total. The lowest BCUT2D eigenvalue weighted by Crippen LogP contribution is -2.04. The first kappa shape index (κ1) is 14.5. The highest BCUT2D eigenvalue weighted by atomic mass is 14.8. The Kier molecular flexibility index (Phi) is 4.59. The van der Waals surface area contributed by atoms with E-state index in [9.17, 15) is 0 Å². The predicted molar refractivity (Wildman–Crippen MR) is 94.2 cm³/mol. The average Bonchev–Trinajstić information content (AvgIpc) is 2.57. The average molecular weight is 290 g/mol. The van der Waals surface area contributed by atoms with Gasteiger partial charge in [-0.15, -0.1) is 0 Å². The first-order valence-electron chi connectivity index (χ1n) is 7.86. The lowest BCUT2D eigenvalue weighted by atomic mass is 9.92. The van der Waals surface area contributed by atoms with E-state index in [-0.39, 0.29) is 0 Å². The van der Waals surface area contributed by atoms with E-state index < -0.39 is 0 Å². The van der Waals surface area contributed by atoms with Crippen LogP contribution in [0.5, 0.6) is 0 Å². The van der Waals surface area contributed by atoms with Gasteiger partial charge in [-0.1, -0.05) is 42.5 Å². The zero-order chi connectivity index (χ0) is 15.2. The second-order valence-corrected chi connectivity index (χ2v) is 5.73. The molecule has 2 aliphatic carbocycles. The van der Waals surface area contributed by atoms with E-state index in [0.29, 0.717) is 0 Å². The number of nitrogens with two attached hydrogens (primary N) is 1. The van der Waals surface area contributed by atoms with Crippen molar-refractivity contribution in [1.29, 1.82) is 0 Å². The summed E-state index contributed by atoms with van der Waals surface area (Å²) in [4.78, 5) is 0. The third kappa shape index (κ3) is 3.79. The fourth-order valence-electron chi connectivity index (χ4n) is 2.77. The molecule has 3 rings (SSSR count). The van der Waals surface area contributed by atoms with Gasteiger partial charge in [0.15, 0.2) is 0 Å². The van der Waals surface area contributed by atoms with Crippen LogP contribution in [0.3, 0.4) is 0 Å². The molecule has 0 fully saturated rings. The maximum absolute atomic E-state index is 6.05. The molecule has 0 spiro atoms. The molecule has 0 aromatic heterocycles. The summed E-state index contributed by atoms with van der Waals surface area (Å²) >= 11 is 0. The SMILES string of the molecule is NC1=CC=CCC1=CC1=CC(=CNc2ccccc2)CCC1. The highest BCUT2D eigenvalue weighted by Gasteiger charge is 2.09. The number of para-hydroxylation sites is 1. The molecule has 2 heteroatoms. The van der Waals surface area contributed by atoms with Crippen molar-refractivity contribution in [2.24, 2.45) is 5.73 Å². The number of nitrogens with one attached hydrogen (secondary N) is 1. The Balaban J connectivity index is 1.73. The van der Waals surface area contributed by atoms with Gasteiger partial charge in [0.05, 0.1) is 0 Å². The van der Waals surface area contributed by atoms with Crippen LogP contribution in [0.1, 0.15) is 25.7 Å². The number of allylic oxidation sites excluding steroid dienone is 8. The van der Waals surface area contributed by atoms with Crippen LogP contribution in [0.15, 0.2) is 89.3 Å². The maximum atomic E-state index is 6.05. The number of hydrogen-bond acceptors (Lipinski definition) is 2. The normalized spacial score (nSPS) is 21.6. The van der Waals surface area contributed by atoms with E-state index in [1.54, 1.807) is 0 Å². The van der Waals surface area contributed by atoms with Crippen molar-refractivity contribution in [3.63, 3.8) is 0 Å². The summed E-state index contributed by atoms with van der Waals surface area (Å²) in [5.41, 5.74) is 12.0. The number of anilines is 1. The molecule has 0 heterocycles. The summed E-state index contributed by atoms with van der Waals surface area (Å²) in [7, 11) is 0. The van der Waals surface area contributed by atoms with Gasteiger partial charge in [0.25, 0.3) is 0 Å². The van der Waals surface area contributed by atoms with Crippen LogP contribution in [0, 0.1) is 0 Å². The minimum absolute atomic E-state index is 0.891. The van der Waals surface area contributed by atoms with Gasteiger partial charge < -0.3 is 11.1 Å². The Hall–Kier alpha value is -2.48. The molecule has 1 aromatic carbocycles. The Morgan fingerprint density at radius 1 is 1.09 bits per heavy atom. The topological polar surface area (TPSA) is 38.0 Å². The fourth-order valence-corrected chi connectivity index (χ4v) is 2.77. The standard InChI is InChI=1S/C20H22N2/c21-20-12-5-4-9-18(20)14-16-7-6-8-17(13-16)15-22-19-10-2-1-3-11-19/h1-5,10-15,22H,6-9,21H2. The minimum atomic E-state index is 0.891. The second-order valence-electron chi connectivity index (χ2n) is 5.73. The Bertz CT molecular complexity index is 673. The summed E-state index contributed by atoms with van der Waals surface area (Å²) in [6.45, 7) is 0. The largest absolute Gasteiger partial charge is 0.398 e. The quantitative estimate of drug-likeness (QED) is 0.837. The first-order valence-corrected chi connectivity index (χ1v) is 7.86. The van der Waals surface area contributed by atoms with Gasteiger partial charge in [0.2, 0.25) is 0 Å². The molecule has 3 N–H and O–H groups in total. The van der Waals surface area contributed by atoms with E-state index in [4.69, 9.17) is 5.73 Å². The van der Waals surface area contributed by atoms with E-state index in [1.165, 1.54) is 23.1 Å². The smallest absolute Gasteiger partial charge is 0.0379 e. The predicted octanol–water partition coefficient (Wildman–Crippen LogP) is 4.82. The van der Waals surface area contributed by atoms with E-state index in [1.807, 2.05) is 30.4 Å². The van der Waals surface area contributed by atoms with Crippen molar-refractivity contribution in [1.82, 2.24) is 0 Å². The molecule has 0 amide bonds. The molecule has 1 aromatic rings. The molecular formula is C20H22N2. The van der Waals surface area contributed by atoms with Crippen molar-refractivity contribution in [2.45, 2.75) is 25.7 Å². The summed E-state index contributed by atoms with van der Waals surface area (Å²) in [5.74, 6) is 0. The zero-order valence-corrected chi connectivity index (χ0v) is 12.8. The Morgan fingerprint density at radius 3 is 2.77 bits per heavy atom. The fraction of sp³-hybridized carbons (Fsp3) is 0.200. The number of rotatable bonds is 3. The molecule has 0 saturated heterocycles. The molecule has 0 bridgehead atoms. The van der Waals surface area contributed by atoms with Gasteiger partial charge in [0.1, 0.15) is 0 Å². The lowest BCUT2D eigenvalue weighted by molar-refractivity contribution is 0.795. The van der Waals surface area contributed by atoms with Gasteiger partial charge in [-0.25, -0.2) is 0 Å². The zero-order valence-electron chi connectivity index (χ0n) is 12.8. The van der Waals surface area contributed by atoms with E-state index in [2.05, 4.69) is 41.9 Å². The molecule has 112 valence electrons. The third-order valence-corrected chi connectivity index (χ3v) is 3.98. The van der Waals surface area contributed by atoms with Crippen molar-refractivity contribution in [3.05, 3.63) is 89.3 Å². The van der Waals surface area contributed by atoms with Crippen molar-refractivity contribution >= 4 is 5.69 Å². The number of hydrogen-bond donors (Lipinski definition) is 2. The summed E-state index contributed by atoms with van der Waals surface area (Å²) < 4.78 is 0. The van der Waals surface area contributed by atoms with Gasteiger partial charge >= 0.3 is 0 Å². The van der Waals surface area contributed by atoms with E-state index >= 15 is 0 Å². The first-order chi connectivity index (χ1) is 10.8. The summed E-state index contributed by atoms with van der Waals surface area (Å²) in [5, 5.41) is 3.37. The third-order valence-electron chi connectivity index (χ3n) is 3.98. The monoisotopic (exact) mass is 290 g/mol. The van der Waals surface area contributed by atoms with Gasteiger partial charge in [-0.2, -0.15) is 0 Å². The molecule has 0 unspecified atom stereocenters. The molecule has 22 heavy (non-hydrogen) atoms. The van der Waals surface area contributed by atoms with Crippen molar-refractivity contribution in [3.8, 4) is 0 Å². The van der Waals surface area contributed by atoms with E-state index in [0.717, 1.165) is 30.6 Å². The highest BCUT2D eigenvalue weighted by molar-refractivity contribution is 5.48. The van der Waals surface area contributed by atoms with Crippen LogP contribution < -0.4 is 11.1 Å². The van der Waals surface area contributed by atoms with Crippen molar-refractivity contribution in [2.75, 3.05) is 5.32 Å².